The highest BCUT2D eigenvalue weighted by atomic mass is 19.2. The molecule has 2 nitrogen and oxygen atoms in total. The summed E-state index contributed by atoms with van der Waals surface area (Å²) in [6, 6.07) is 0. The fraction of sp³-hybridized carbons (Fsp3) is 0.455. The Bertz CT molecular complexity index is 405. The van der Waals surface area contributed by atoms with Gasteiger partial charge in [0.1, 0.15) is 6.61 Å². The van der Waals surface area contributed by atoms with Crippen molar-refractivity contribution in [1.82, 2.24) is 0 Å². The lowest BCUT2D eigenvalue weighted by Crippen LogP contribution is -2.14. The van der Waals surface area contributed by atoms with E-state index >= 15 is 0 Å². The zero-order valence-corrected chi connectivity index (χ0v) is 9.70. The molecule has 0 aliphatic rings. The van der Waals surface area contributed by atoms with Crippen LogP contribution in [-0.4, -0.2) is 19.3 Å². The highest BCUT2D eigenvalue weighted by molar-refractivity contribution is 5.29. The van der Waals surface area contributed by atoms with Crippen LogP contribution in [0.1, 0.15) is 13.8 Å². The van der Waals surface area contributed by atoms with Crippen LogP contribution < -0.4 is 4.74 Å². The van der Waals surface area contributed by atoms with Gasteiger partial charge in [0.2, 0.25) is 29.1 Å². The van der Waals surface area contributed by atoms with Crippen LogP contribution in [0, 0.1) is 29.1 Å². The predicted molar refractivity (Wildman–Crippen MR) is 52.8 cm³/mol. The number of benzene rings is 1. The standard InChI is InChI=1S/C11H11F5O2/c1-5(2)17-3-4-18-11-9(15)7(13)6(12)8(14)10(11)16/h5H,3-4H2,1-2H3. The Balaban J connectivity index is 2.83. The van der Waals surface area contributed by atoms with Gasteiger partial charge in [0.15, 0.2) is 5.75 Å². The summed E-state index contributed by atoms with van der Waals surface area (Å²) in [4.78, 5) is 0. The molecule has 0 heterocycles. The maximum absolute atomic E-state index is 13.1. The van der Waals surface area contributed by atoms with Gasteiger partial charge in [0, 0.05) is 0 Å². The summed E-state index contributed by atoms with van der Waals surface area (Å²) < 4.78 is 73.9. The minimum absolute atomic E-state index is 0.0306. The van der Waals surface area contributed by atoms with Crippen LogP contribution in [0.5, 0.6) is 5.75 Å². The lowest BCUT2D eigenvalue weighted by molar-refractivity contribution is 0.0529. The van der Waals surface area contributed by atoms with Crippen molar-refractivity contribution in [1.29, 1.82) is 0 Å². The lowest BCUT2D eigenvalue weighted by Gasteiger charge is -2.11. The molecule has 18 heavy (non-hydrogen) atoms. The molecule has 0 atom stereocenters. The van der Waals surface area contributed by atoms with Crippen LogP contribution in [0.3, 0.4) is 0 Å². The van der Waals surface area contributed by atoms with Crippen molar-refractivity contribution in [3.63, 3.8) is 0 Å². The van der Waals surface area contributed by atoms with Gasteiger partial charge in [-0.25, -0.2) is 13.2 Å². The Morgan fingerprint density at radius 3 is 1.67 bits per heavy atom. The molecule has 1 aromatic carbocycles. The number of halogens is 5. The summed E-state index contributed by atoms with van der Waals surface area (Å²) in [6.07, 6.45) is -0.134. The zero-order valence-electron chi connectivity index (χ0n) is 9.70. The third-order valence-electron chi connectivity index (χ3n) is 1.95. The van der Waals surface area contributed by atoms with Crippen molar-refractivity contribution < 1.29 is 31.4 Å². The molecule has 0 amide bonds. The minimum Gasteiger partial charge on any atom is -0.485 e. The smallest absolute Gasteiger partial charge is 0.206 e. The average molecular weight is 270 g/mol. The SMILES string of the molecule is CC(C)OCCOc1c(F)c(F)c(F)c(F)c1F. The largest absolute Gasteiger partial charge is 0.485 e. The zero-order chi connectivity index (χ0) is 13.9. The molecule has 0 aromatic heterocycles. The highest BCUT2D eigenvalue weighted by Gasteiger charge is 2.26. The fourth-order valence-corrected chi connectivity index (χ4v) is 1.14. The van der Waals surface area contributed by atoms with Crippen LogP contribution in [0.15, 0.2) is 0 Å². The van der Waals surface area contributed by atoms with Crippen LogP contribution in [0.4, 0.5) is 22.0 Å². The average Bonchev–Trinajstić information content (AvgIpc) is 2.32. The van der Waals surface area contributed by atoms with E-state index in [1.807, 2.05) is 0 Å². The van der Waals surface area contributed by atoms with E-state index in [1.165, 1.54) is 0 Å². The van der Waals surface area contributed by atoms with E-state index in [-0.39, 0.29) is 19.3 Å². The van der Waals surface area contributed by atoms with Gasteiger partial charge < -0.3 is 9.47 Å². The predicted octanol–water partition coefficient (Wildman–Crippen LogP) is 3.19. The molecular formula is C11H11F5O2. The van der Waals surface area contributed by atoms with E-state index in [0.717, 1.165) is 0 Å². The van der Waals surface area contributed by atoms with Gasteiger partial charge in [0.05, 0.1) is 12.7 Å². The molecular weight excluding hydrogens is 259 g/mol. The van der Waals surface area contributed by atoms with Crippen LogP contribution >= 0.6 is 0 Å². The van der Waals surface area contributed by atoms with Crippen molar-refractivity contribution in [3.05, 3.63) is 29.1 Å². The summed E-state index contributed by atoms with van der Waals surface area (Å²) in [7, 11) is 0. The molecule has 0 unspecified atom stereocenters. The number of rotatable bonds is 5. The first-order valence-corrected chi connectivity index (χ1v) is 5.12. The van der Waals surface area contributed by atoms with Crippen LogP contribution in [0.2, 0.25) is 0 Å². The summed E-state index contributed by atoms with van der Waals surface area (Å²) in [5.41, 5.74) is 0. The summed E-state index contributed by atoms with van der Waals surface area (Å²) in [5, 5.41) is 0. The van der Waals surface area contributed by atoms with Gasteiger partial charge in [-0.15, -0.1) is 0 Å². The summed E-state index contributed by atoms with van der Waals surface area (Å²) >= 11 is 0. The lowest BCUT2D eigenvalue weighted by atomic mass is 10.2. The van der Waals surface area contributed by atoms with Crippen molar-refractivity contribution in [3.8, 4) is 5.75 Å². The Morgan fingerprint density at radius 1 is 0.778 bits per heavy atom. The van der Waals surface area contributed by atoms with Crippen molar-refractivity contribution in [2.24, 2.45) is 0 Å². The first-order valence-electron chi connectivity index (χ1n) is 5.12. The maximum Gasteiger partial charge on any atom is 0.206 e. The Labute approximate surface area is 100 Å². The monoisotopic (exact) mass is 270 g/mol. The molecule has 1 aromatic rings. The minimum atomic E-state index is -2.21. The Hall–Kier alpha value is -1.37. The van der Waals surface area contributed by atoms with E-state index in [0.29, 0.717) is 0 Å². The second kappa shape index (κ2) is 5.99. The van der Waals surface area contributed by atoms with Gasteiger partial charge in [-0.3, -0.25) is 0 Å². The molecule has 0 saturated carbocycles. The van der Waals surface area contributed by atoms with E-state index in [1.54, 1.807) is 13.8 Å². The van der Waals surface area contributed by atoms with Gasteiger partial charge >= 0.3 is 0 Å². The molecule has 0 bridgehead atoms. The van der Waals surface area contributed by atoms with Crippen molar-refractivity contribution in [2.75, 3.05) is 13.2 Å². The highest BCUT2D eigenvalue weighted by Crippen LogP contribution is 2.28. The topological polar surface area (TPSA) is 18.5 Å². The molecule has 0 fully saturated rings. The first-order chi connectivity index (χ1) is 8.36. The number of hydrogen-bond acceptors (Lipinski definition) is 2. The van der Waals surface area contributed by atoms with Crippen LogP contribution in [0.25, 0.3) is 0 Å². The number of hydrogen-bond donors (Lipinski definition) is 0. The Morgan fingerprint density at radius 2 is 1.22 bits per heavy atom. The van der Waals surface area contributed by atoms with Gasteiger partial charge in [-0.2, -0.15) is 8.78 Å². The molecule has 0 radical (unpaired) electrons. The molecule has 102 valence electrons. The summed E-state index contributed by atoms with van der Waals surface area (Å²) in [5.74, 6) is -11.6. The van der Waals surface area contributed by atoms with E-state index in [4.69, 9.17) is 4.74 Å². The molecule has 0 aliphatic heterocycles. The maximum atomic E-state index is 13.1. The fourth-order valence-electron chi connectivity index (χ4n) is 1.14. The molecule has 1 rings (SSSR count). The second-order valence-corrected chi connectivity index (χ2v) is 3.67. The normalized spacial score (nSPS) is 11.1. The molecule has 0 aliphatic carbocycles. The second-order valence-electron chi connectivity index (χ2n) is 3.67. The van der Waals surface area contributed by atoms with Crippen molar-refractivity contribution >= 4 is 0 Å². The van der Waals surface area contributed by atoms with Gasteiger partial charge in [-0.05, 0) is 13.8 Å². The molecule has 7 heteroatoms. The van der Waals surface area contributed by atoms with E-state index in [2.05, 4.69) is 4.74 Å². The van der Waals surface area contributed by atoms with Gasteiger partial charge in [0.25, 0.3) is 0 Å². The third kappa shape index (κ3) is 3.10. The molecule has 0 spiro atoms. The quantitative estimate of drug-likeness (QED) is 0.354. The van der Waals surface area contributed by atoms with E-state index < -0.39 is 34.8 Å². The summed E-state index contributed by atoms with van der Waals surface area (Å²) in [6.45, 7) is 3.09. The van der Waals surface area contributed by atoms with Crippen LogP contribution in [-0.2, 0) is 4.74 Å². The van der Waals surface area contributed by atoms with E-state index in [9.17, 15) is 22.0 Å². The van der Waals surface area contributed by atoms with Crippen molar-refractivity contribution in [2.45, 2.75) is 20.0 Å². The van der Waals surface area contributed by atoms with Gasteiger partial charge in [-0.1, -0.05) is 0 Å². The number of ether oxygens (including phenoxy) is 2. The molecule has 0 N–H and O–H groups in total. The Kier molecular flexibility index (Phi) is 4.89. The first kappa shape index (κ1) is 14.7. The molecule has 0 saturated heterocycles. The third-order valence-corrected chi connectivity index (χ3v) is 1.95.